The summed E-state index contributed by atoms with van der Waals surface area (Å²) in [7, 11) is 0. The lowest BCUT2D eigenvalue weighted by molar-refractivity contribution is 0.384. The van der Waals surface area contributed by atoms with E-state index in [9.17, 15) is 4.39 Å². The summed E-state index contributed by atoms with van der Waals surface area (Å²) < 4.78 is 12.5. The second-order valence-electron chi connectivity index (χ2n) is 4.11. The molecule has 88 valence electrons. The lowest BCUT2D eigenvalue weighted by atomic mass is 10.1. The molecule has 1 unspecified atom stereocenters. The molecule has 16 heavy (non-hydrogen) atoms. The van der Waals surface area contributed by atoms with Gasteiger partial charge in [0.15, 0.2) is 5.16 Å². The molecule has 1 aromatic rings. The van der Waals surface area contributed by atoms with E-state index in [1.807, 2.05) is 19.2 Å². The highest BCUT2D eigenvalue weighted by Crippen LogP contribution is 2.24. The highest BCUT2D eigenvalue weighted by molar-refractivity contribution is 7.98. The van der Waals surface area contributed by atoms with Crippen LogP contribution < -0.4 is 4.90 Å². The van der Waals surface area contributed by atoms with Crippen molar-refractivity contribution < 1.29 is 4.39 Å². The van der Waals surface area contributed by atoms with Crippen molar-refractivity contribution in [1.82, 2.24) is 9.97 Å². The third-order valence-electron chi connectivity index (χ3n) is 2.83. The molecule has 0 bridgehead atoms. The van der Waals surface area contributed by atoms with E-state index in [4.69, 9.17) is 0 Å². The molecular formula is C11H16FN3S. The van der Waals surface area contributed by atoms with E-state index < -0.39 is 0 Å². The van der Waals surface area contributed by atoms with Gasteiger partial charge in [0.2, 0.25) is 0 Å². The molecule has 0 saturated carbocycles. The summed E-state index contributed by atoms with van der Waals surface area (Å²) in [5, 5.41) is 0.790. The maximum absolute atomic E-state index is 12.5. The Labute approximate surface area is 99.5 Å². The van der Waals surface area contributed by atoms with Crippen LogP contribution in [0.4, 0.5) is 10.2 Å². The standard InChI is InChI=1S/C11H16FN3S/c1-8-5-10(14-11(13-8)16-2)15-4-3-9(6-12)7-15/h5,9H,3-4,6-7H2,1-2H3. The van der Waals surface area contributed by atoms with Gasteiger partial charge in [-0.3, -0.25) is 4.39 Å². The van der Waals surface area contributed by atoms with Gasteiger partial charge in [0.05, 0.1) is 6.67 Å². The van der Waals surface area contributed by atoms with Crippen LogP contribution in [0.25, 0.3) is 0 Å². The monoisotopic (exact) mass is 241 g/mol. The van der Waals surface area contributed by atoms with E-state index in [1.54, 1.807) is 0 Å². The van der Waals surface area contributed by atoms with Crippen LogP contribution in [0, 0.1) is 12.8 Å². The van der Waals surface area contributed by atoms with Crippen LogP contribution in [0.2, 0.25) is 0 Å². The van der Waals surface area contributed by atoms with Gasteiger partial charge in [-0.05, 0) is 19.6 Å². The highest BCUT2D eigenvalue weighted by Gasteiger charge is 2.23. The van der Waals surface area contributed by atoms with Crippen molar-refractivity contribution in [2.75, 3.05) is 30.9 Å². The van der Waals surface area contributed by atoms with Gasteiger partial charge in [-0.1, -0.05) is 11.8 Å². The van der Waals surface area contributed by atoms with Gasteiger partial charge in [0.25, 0.3) is 0 Å². The van der Waals surface area contributed by atoms with Crippen molar-refractivity contribution in [3.05, 3.63) is 11.8 Å². The van der Waals surface area contributed by atoms with Crippen molar-refractivity contribution >= 4 is 17.6 Å². The number of rotatable bonds is 3. The Balaban J connectivity index is 2.17. The van der Waals surface area contributed by atoms with Gasteiger partial charge in [-0.15, -0.1) is 0 Å². The Hall–Kier alpha value is -0.840. The Morgan fingerprint density at radius 2 is 2.38 bits per heavy atom. The molecule has 0 amide bonds. The van der Waals surface area contributed by atoms with Crippen molar-refractivity contribution in [3.63, 3.8) is 0 Å². The molecule has 1 atom stereocenters. The number of hydrogen-bond acceptors (Lipinski definition) is 4. The minimum absolute atomic E-state index is 0.174. The van der Waals surface area contributed by atoms with E-state index in [-0.39, 0.29) is 12.6 Å². The first-order valence-electron chi connectivity index (χ1n) is 5.43. The molecule has 0 spiro atoms. The maximum atomic E-state index is 12.5. The molecule has 2 rings (SSSR count). The Morgan fingerprint density at radius 3 is 3.00 bits per heavy atom. The van der Waals surface area contributed by atoms with Crippen LogP contribution >= 0.6 is 11.8 Å². The fourth-order valence-electron chi connectivity index (χ4n) is 1.95. The summed E-state index contributed by atoms with van der Waals surface area (Å²) in [6.45, 7) is 3.42. The average molecular weight is 241 g/mol. The molecule has 1 aromatic heterocycles. The summed E-state index contributed by atoms with van der Waals surface area (Å²) in [5.41, 5.74) is 0.970. The minimum atomic E-state index is -0.226. The number of aryl methyl sites for hydroxylation is 1. The van der Waals surface area contributed by atoms with Gasteiger partial charge in [-0.25, -0.2) is 9.97 Å². The van der Waals surface area contributed by atoms with Crippen molar-refractivity contribution in [2.24, 2.45) is 5.92 Å². The summed E-state index contributed by atoms with van der Waals surface area (Å²) >= 11 is 1.54. The number of anilines is 1. The fourth-order valence-corrected chi connectivity index (χ4v) is 2.37. The molecule has 3 nitrogen and oxygen atoms in total. The maximum Gasteiger partial charge on any atom is 0.189 e. The van der Waals surface area contributed by atoms with Gasteiger partial charge in [0, 0.05) is 30.8 Å². The fraction of sp³-hybridized carbons (Fsp3) is 0.636. The predicted octanol–water partition coefficient (Wildman–Crippen LogP) is 2.30. The molecule has 5 heteroatoms. The minimum Gasteiger partial charge on any atom is -0.356 e. The first-order valence-corrected chi connectivity index (χ1v) is 6.66. The number of nitrogens with zero attached hydrogens (tertiary/aromatic N) is 3. The SMILES string of the molecule is CSc1nc(C)cc(N2CCC(CF)C2)n1. The smallest absolute Gasteiger partial charge is 0.189 e. The zero-order chi connectivity index (χ0) is 11.5. The second kappa shape index (κ2) is 4.99. The molecule has 1 aliphatic heterocycles. The molecule has 0 aromatic carbocycles. The van der Waals surface area contributed by atoms with Crippen LogP contribution in [0.1, 0.15) is 12.1 Å². The van der Waals surface area contributed by atoms with E-state index in [2.05, 4.69) is 14.9 Å². The largest absolute Gasteiger partial charge is 0.356 e. The zero-order valence-electron chi connectivity index (χ0n) is 9.61. The predicted molar refractivity (Wildman–Crippen MR) is 64.8 cm³/mol. The molecule has 0 N–H and O–H groups in total. The van der Waals surface area contributed by atoms with Crippen LogP contribution in [-0.2, 0) is 0 Å². The summed E-state index contributed by atoms with van der Waals surface area (Å²) in [4.78, 5) is 10.9. The molecule has 0 radical (unpaired) electrons. The van der Waals surface area contributed by atoms with E-state index in [0.717, 1.165) is 36.2 Å². The lowest BCUT2D eigenvalue weighted by Gasteiger charge is -2.17. The first kappa shape index (κ1) is 11.6. The number of thioether (sulfide) groups is 1. The second-order valence-corrected chi connectivity index (χ2v) is 4.88. The first-order chi connectivity index (χ1) is 7.72. The third kappa shape index (κ3) is 2.45. The summed E-state index contributed by atoms with van der Waals surface area (Å²) in [6, 6.07) is 1.97. The van der Waals surface area contributed by atoms with E-state index in [0.29, 0.717) is 0 Å². The Bertz CT molecular complexity index is 372. The molecule has 1 saturated heterocycles. The molecule has 0 aliphatic carbocycles. The van der Waals surface area contributed by atoms with Crippen LogP contribution in [-0.4, -0.2) is 36.0 Å². The Kier molecular flexibility index (Phi) is 3.63. The van der Waals surface area contributed by atoms with E-state index in [1.165, 1.54) is 11.8 Å². The molecule has 2 heterocycles. The van der Waals surface area contributed by atoms with Crippen molar-refractivity contribution in [1.29, 1.82) is 0 Å². The quantitative estimate of drug-likeness (QED) is 0.600. The highest BCUT2D eigenvalue weighted by atomic mass is 32.2. The van der Waals surface area contributed by atoms with Crippen molar-refractivity contribution in [2.45, 2.75) is 18.5 Å². The lowest BCUT2D eigenvalue weighted by Crippen LogP contribution is -2.21. The zero-order valence-corrected chi connectivity index (χ0v) is 10.4. The van der Waals surface area contributed by atoms with Crippen LogP contribution in [0.15, 0.2) is 11.2 Å². The molecular weight excluding hydrogens is 225 g/mol. The topological polar surface area (TPSA) is 29.0 Å². The molecule has 1 aliphatic rings. The van der Waals surface area contributed by atoms with Crippen molar-refractivity contribution in [3.8, 4) is 0 Å². The summed E-state index contributed by atoms with van der Waals surface area (Å²) in [5.74, 6) is 1.11. The van der Waals surface area contributed by atoms with Gasteiger partial charge in [0.1, 0.15) is 5.82 Å². The van der Waals surface area contributed by atoms with Gasteiger partial charge >= 0.3 is 0 Å². The number of alkyl halides is 1. The summed E-state index contributed by atoms with van der Waals surface area (Å²) in [6.07, 6.45) is 2.89. The number of aromatic nitrogens is 2. The van der Waals surface area contributed by atoms with Gasteiger partial charge < -0.3 is 4.90 Å². The van der Waals surface area contributed by atoms with Gasteiger partial charge in [-0.2, -0.15) is 0 Å². The third-order valence-corrected chi connectivity index (χ3v) is 3.38. The van der Waals surface area contributed by atoms with Crippen LogP contribution in [0.3, 0.4) is 0 Å². The number of halogens is 1. The van der Waals surface area contributed by atoms with Crippen LogP contribution in [0.5, 0.6) is 0 Å². The Morgan fingerprint density at radius 1 is 1.56 bits per heavy atom. The molecule has 1 fully saturated rings. The number of hydrogen-bond donors (Lipinski definition) is 0. The average Bonchev–Trinajstić information content (AvgIpc) is 2.76. The normalized spacial score (nSPS) is 20.4. The van der Waals surface area contributed by atoms with E-state index >= 15 is 0 Å².